The molecule has 2 rings (SSSR count). The Morgan fingerprint density at radius 1 is 0.950 bits per heavy atom. The SMILES string of the molecule is CC(C)[C@@H]1NC(=O)[C@H](CCCN=C(N)N)NC(=O)CNC(=O)C[C@@H](C(=O)O)NC(=O)[C@@H](c2ccccc2)NC1=O. The lowest BCUT2D eigenvalue weighted by Gasteiger charge is -2.28. The van der Waals surface area contributed by atoms with Gasteiger partial charge in [0, 0.05) is 6.54 Å². The fourth-order valence-electron chi connectivity index (χ4n) is 3.88. The molecule has 4 atom stereocenters. The van der Waals surface area contributed by atoms with Crippen molar-refractivity contribution >= 4 is 41.5 Å². The number of nitrogens with one attached hydrogen (secondary N) is 5. The van der Waals surface area contributed by atoms with Crippen molar-refractivity contribution < 1.29 is 33.9 Å². The molecular weight excluding hydrogens is 524 g/mol. The van der Waals surface area contributed by atoms with E-state index in [9.17, 15) is 33.9 Å². The lowest BCUT2D eigenvalue weighted by molar-refractivity contribution is -0.144. The Morgan fingerprint density at radius 2 is 1.62 bits per heavy atom. The Labute approximate surface area is 230 Å². The highest BCUT2D eigenvalue weighted by atomic mass is 16.4. The van der Waals surface area contributed by atoms with E-state index >= 15 is 0 Å². The van der Waals surface area contributed by atoms with Crippen LogP contribution < -0.4 is 38.1 Å². The molecule has 218 valence electrons. The number of aliphatic imine (C=N–C) groups is 1. The second kappa shape index (κ2) is 15.0. The molecule has 0 unspecified atom stereocenters. The molecule has 0 bridgehead atoms. The number of amides is 5. The van der Waals surface area contributed by atoms with E-state index in [0.29, 0.717) is 12.0 Å². The van der Waals surface area contributed by atoms with Crippen molar-refractivity contribution in [3.63, 3.8) is 0 Å². The molecule has 40 heavy (non-hydrogen) atoms. The molecule has 0 aliphatic carbocycles. The van der Waals surface area contributed by atoms with Gasteiger partial charge in [-0.15, -0.1) is 0 Å². The zero-order valence-corrected chi connectivity index (χ0v) is 22.3. The third-order valence-electron chi connectivity index (χ3n) is 5.98. The first-order chi connectivity index (χ1) is 18.9. The lowest BCUT2D eigenvalue weighted by atomic mass is 9.99. The van der Waals surface area contributed by atoms with E-state index in [2.05, 4.69) is 31.6 Å². The second-order valence-electron chi connectivity index (χ2n) is 9.53. The number of hydrogen-bond donors (Lipinski definition) is 8. The van der Waals surface area contributed by atoms with E-state index in [-0.39, 0.29) is 18.9 Å². The maximum atomic E-state index is 13.4. The van der Waals surface area contributed by atoms with Crippen molar-refractivity contribution in [1.82, 2.24) is 26.6 Å². The minimum absolute atomic E-state index is 0.102. The van der Waals surface area contributed by atoms with Crippen molar-refractivity contribution in [3.8, 4) is 0 Å². The van der Waals surface area contributed by atoms with Gasteiger partial charge in [-0.2, -0.15) is 0 Å². The van der Waals surface area contributed by atoms with Crippen LogP contribution in [0.2, 0.25) is 0 Å². The molecule has 1 heterocycles. The summed E-state index contributed by atoms with van der Waals surface area (Å²) >= 11 is 0. The van der Waals surface area contributed by atoms with Crippen LogP contribution in [0.1, 0.15) is 44.7 Å². The van der Waals surface area contributed by atoms with Gasteiger partial charge in [-0.25, -0.2) is 4.79 Å². The number of hydrogen-bond acceptors (Lipinski definition) is 7. The van der Waals surface area contributed by atoms with E-state index in [1.165, 1.54) is 0 Å². The van der Waals surface area contributed by atoms with Crippen LogP contribution >= 0.6 is 0 Å². The van der Waals surface area contributed by atoms with Crippen molar-refractivity contribution in [3.05, 3.63) is 35.9 Å². The van der Waals surface area contributed by atoms with Crippen LogP contribution in [0.15, 0.2) is 35.3 Å². The maximum absolute atomic E-state index is 13.4. The van der Waals surface area contributed by atoms with Gasteiger partial charge in [0.05, 0.1) is 13.0 Å². The Kier molecular flexibility index (Phi) is 11.9. The average Bonchev–Trinajstić information content (AvgIpc) is 2.89. The zero-order valence-electron chi connectivity index (χ0n) is 22.3. The molecule has 1 fully saturated rings. The monoisotopic (exact) mass is 560 g/mol. The van der Waals surface area contributed by atoms with Crippen molar-refractivity contribution in [2.75, 3.05) is 13.1 Å². The minimum Gasteiger partial charge on any atom is -0.480 e. The van der Waals surface area contributed by atoms with Gasteiger partial charge in [-0.3, -0.25) is 29.0 Å². The normalized spacial score (nSPS) is 23.2. The quantitative estimate of drug-likeness (QED) is 0.101. The fourth-order valence-corrected chi connectivity index (χ4v) is 3.88. The standard InChI is InChI=1S/C25H36N8O7/c1-13(2)19-22(37)33-20(14-7-4-3-5-8-14)23(38)31-16(24(39)40)11-17(34)29-12-18(35)30-15(21(36)32-19)9-6-10-28-25(26)27/h3-5,7-8,13,15-16,19-20H,6,9-12H2,1-2H3,(H,29,34)(H,30,35)(H,31,38)(H,32,36)(H,33,37)(H,39,40)(H4,26,27,28)/t15-,16-,19-,20+/m0/s1. The van der Waals surface area contributed by atoms with Crippen molar-refractivity contribution in [2.24, 2.45) is 22.4 Å². The van der Waals surface area contributed by atoms with E-state index in [1.807, 2.05) is 0 Å². The molecule has 0 aromatic heterocycles. The predicted octanol–water partition coefficient (Wildman–Crippen LogP) is -2.39. The molecule has 1 saturated heterocycles. The number of aliphatic carboxylic acids is 1. The van der Waals surface area contributed by atoms with Gasteiger partial charge >= 0.3 is 5.97 Å². The van der Waals surface area contributed by atoms with Crippen LogP contribution in [0.3, 0.4) is 0 Å². The predicted molar refractivity (Wildman–Crippen MR) is 143 cm³/mol. The van der Waals surface area contributed by atoms with Crippen LogP contribution in [-0.4, -0.2) is 77.8 Å². The summed E-state index contributed by atoms with van der Waals surface area (Å²) in [6, 6.07) is 2.89. The second-order valence-corrected chi connectivity index (χ2v) is 9.53. The van der Waals surface area contributed by atoms with Crippen LogP contribution in [0.4, 0.5) is 0 Å². The number of nitrogens with zero attached hydrogens (tertiary/aromatic N) is 1. The van der Waals surface area contributed by atoms with E-state index < -0.39 is 78.6 Å². The molecule has 0 spiro atoms. The molecule has 1 aliphatic rings. The number of benzene rings is 1. The van der Waals surface area contributed by atoms with E-state index in [0.717, 1.165) is 0 Å². The number of carboxylic acids is 1. The summed E-state index contributed by atoms with van der Waals surface area (Å²) in [5.41, 5.74) is 11.0. The number of guanidine groups is 1. The lowest BCUT2D eigenvalue weighted by Crippen LogP contribution is -2.58. The average molecular weight is 561 g/mol. The molecule has 10 N–H and O–H groups in total. The van der Waals surface area contributed by atoms with Crippen molar-refractivity contribution in [2.45, 2.75) is 57.3 Å². The number of rotatable bonds is 7. The third-order valence-corrected chi connectivity index (χ3v) is 5.98. The Balaban J connectivity index is 2.43. The molecule has 15 heteroatoms. The van der Waals surface area contributed by atoms with Gasteiger partial charge in [-0.1, -0.05) is 44.2 Å². The molecule has 1 aliphatic heterocycles. The van der Waals surface area contributed by atoms with E-state index in [4.69, 9.17) is 11.5 Å². The highest BCUT2D eigenvalue weighted by Gasteiger charge is 2.34. The number of carbonyl (C=O) groups is 6. The van der Waals surface area contributed by atoms with Gasteiger partial charge in [0.25, 0.3) is 0 Å². The molecule has 0 saturated carbocycles. The first-order valence-electron chi connectivity index (χ1n) is 12.7. The summed E-state index contributed by atoms with van der Waals surface area (Å²) in [6.45, 7) is 2.99. The Morgan fingerprint density at radius 3 is 2.23 bits per heavy atom. The Hall–Kier alpha value is -4.69. The fraction of sp³-hybridized carbons (Fsp3) is 0.480. The summed E-state index contributed by atoms with van der Waals surface area (Å²) in [4.78, 5) is 80.4. The minimum atomic E-state index is -1.64. The molecule has 0 radical (unpaired) electrons. The van der Waals surface area contributed by atoms with Gasteiger partial charge in [-0.05, 0) is 24.3 Å². The molecule has 15 nitrogen and oxygen atoms in total. The first-order valence-corrected chi connectivity index (χ1v) is 12.7. The van der Waals surface area contributed by atoms with E-state index in [1.54, 1.807) is 44.2 Å². The highest BCUT2D eigenvalue weighted by molar-refractivity contribution is 5.97. The number of carbonyl (C=O) groups excluding carboxylic acids is 5. The zero-order chi connectivity index (χ0) is 29.8. The summed E-state index contributed by atoms with van der Waals surface area (Å²) in [5.74, 6) is -5.88. The number of nitrogens with two attached hydrogens (primary N) is 2. The van der Waals surface area contributed by atoms with Gasteiger partial charge in [0.2, 0.25) is 29.5 Å². The maximum Gasteiger partial charge on any atom is 0.326 e. The molecule has 1 aromatic carbocycles. The summed E-state index contributed by atoms with van der Waals surface area (Å²) in [6.07, 6.45) is -0.274. The van der Waals surface area contributed by atoms with Crippen molar-refractivity contribution in [1.29, 1.82) is 0 Å². The highest BCUT2D eigenvalue weighted by Crippen LogP contribution is 2.15. The van der Waals surface area contributed by atoms with Gasteiger partial charge in [0.1, 0.15) is 24.2 Å². The van der Waals surface area contributed by atoms with Crippen LogP contribution in [0, 0.1) is 5.92 Å². The van der Waals surface area contributed by atoms with Gasteiger partial charge in [0.15, 0.2) is 5.96 Å². The van der Waals surface area contributed by atoms with Crippen LogP contribution in [0.25, 0.3) is 0 Å². The molecular formula is C25H36N8O7. The summed E-state index contributed by atoms with van der Waals surface area (Å²) < 4.78 is 0. The van der Waals surface area contributed by atoms with Crippen LogP contribution in [0.5, 0.6) is 0 Å². The smallest absolute Gasteiger partial charge is 0.326 e. The molecule has 5 amide bonds. The topological polar surface area (TPSA) is 247 Å². The largest absolute Gasteiger partial charge is 0.480 e. The first kappa shape index (κ1) is 31.5. The van der Waals surface area contributed by atoms with Gasteiger partial charge < -0.3 is 43.2 Å². The Bertz CT molecular complexity index is 1120. The van der Waals surface area contributed by atoms with Crippen LogP contribution in [-0.2, 0) is 28.8 Å². The number of carboxylic acid groups (broad SMARTS) is 1. The summed E-state index contributed by atoms with van der Waals surface area (Å²) in [7, 11) is 0. The molecule has 1 aromatic rings. The third kappa shape index (κ3) is 9.89. The summed E-state index contributed by atoms with van der Waals surface area (Å²) in [5, 5.41) is 21.9.